The minimum atomic E-state index is -0.470. The molecule has 8 heteroatoms. The molecule has 0 aliphatic heterocycles. The lowest BCUT2D eigenvalue weighted by molar-refractivity contribution is -0.115. The van der Waals surface area contributed by atoms with Gasteiger partial charge in [-0.1, -0.05) is 56.8 Å². The van der Waals surface area contributed by atoms with Crippen LogP contribution in [0.4, 0.5) is 10.1 Å². The molecular weight excluding hydrogens is 389 g/mol. The number of carbonyl (C=O) groups is 1. The predicted molar refractivity (Wildman–Crippen MR) is 115 cm³/mol. The number of nitrogens with two attached hydrogens (primary N) is 1. The molecule has 3 rings (SSSR count). The van der Waals surface area contributed by atoms with Crippen molar-refractivity contribution in [2.75, 3.05) is 11.2 Å². The Bertz CT molecular complexity index is 993. The molecule has 0 spiro atoms. The Morgan fingerprint density at radius 3 is 2.31 bits per heavy atom. The van der Waals surface area contributed by atoms with E-state index in [1.165, 1.54) is 46.3 Å². The fourth-order valence-corrected chi connectivity index (χ4v) is 3.43. The summed E-state index contributed by atoms with van der Waals surface area (Å²) in [6.07, 6.45) is 0. The lowest BCUT2D eigenvalue weighted by atomic mass is 9.87. The maximum absolute atomic E-state index is 13.0. The van der Waals surface area contributed by atoms with E-state index >= 15 is 0 Å². The molecule has 0 aliphatic rings. The highest BCUT2D eigenvalue weighted by molar-refractivity contribution is 8.00. The lowest BCUT2D eigenvalue weighted by Gasteiger charge is -2.19. The molecular formula is C21H24FN5OS. The van der Waals surface area contributed by atoms with E-state index in [1.54, 1.807) is 6.92 Å². The van der Waals surface area contributed by atoms with Crippen LogP contribution in [-0.2, 0) is 10.2 Å². The van der Waals surface area contributed by atoms with Gasteiger partial charge >= 0.3 is 0 Å². The van der Waals surface area contributed by atoms with Crippen LogP contribution in [0.2, 0.25) is 0 Å². The van der Waals surface area contributed by atoms with Gasteiger partial charge in [-0.15, -0.1) is 10.2 Å². The summed E-state index contributed by atoms with van der Waals surface area (Å²) in [4.78, 5) is 12.4. The van der Waals surface area contributed by atoms with Gasteiger partial charge in [0.25, 0.3) is 0 Å². The molecule has 1 amide bonds. The third kappa shape index (κ3) is 4.95. The molecule has 29 heavy (non-hydrogen) atoms. The van der Waals surface area contributed by atoms with Gasteiger partial charge in [0.2, 0.25) is 11.1 Å². The molecule has 0 unspecified atom stereocenters. The van der Waals surface area contributed by atoms with Crippen LogP contribution in [0.1, 0.15) is 33.3 Å². The summed E-state index contributed by atoms with van der Waals surface area (Å²) in [6.45, 7) is 8.21. The summed E-state index contributed by atoms with van der Waals surface area (Å²) in [5.41, 5.74) is 2.65. The largest absolute Gasteiger partial charge is 0.335 e. The number of hydrogen-bond donors (Lipinski definition) is 2. The summed E-state index contributed by atoms with van der Waals surface area (Å²) in [5, 5.41) is 11.0. The van der Waals surface area contributed by atoms with Gasteiger partial charge in [-0.05, 0) is 42.2 Å². The number of aromatic nitrogens is 3. The van der Waals surface area contributed by atoms with Crippen LogP contribution in [0.5, 0.6) is 0 Å². The number of nitrogens with one attached hydrogen (secondary N) is 1. The van der Waals surface area contributed by atoms with Gasteiger partial charge < -0.3 is 11.2 Å². The quantitative estimate of drug-likeness (QED) is 0.483. The van der Waals surface area contributed by atoms with Crippen LogP contribution in [0.3, 0.4) is 0 Å². The summed E-state index contributed by atoms with van der Waals surface area (Å²) in [6, 6.07) is 13.6. The highest BCUT2D eigenvalue weighted by Crippen LogP contribution is 2.28. The first-order valence-corrected chi connectivity index (χ1v) is 10.1. The van der Waals surface area contributed by atoms with Crippen molar-refractivity contribution in [1.29, 1.82) is 0 Å². The first-order valence-electron chi connectivity index (χ1n) is 9.19. The Morgan fingerprint density at radius 2 is 1.72 bits per heavy atom. The fraction of sp³-hybridized carbons (Fsp3) is 0.286. The molecule has 2 aromatic carbocycles. The molecule has 0 fully saturated rings. The number of thioether (sulfide) groups is 1. The first-order chi connectivity index (χ1) is 13.6. The maximum atomic E-state index is 13.0. The number of nitrogens with zero attached hydrogens (tertiary/aromatic N) is 3. The van der Waals surface area contributed by atoms with Gasteiger partial charge in [0.05, 0.1) is 5.25 Å². The Hall–Kier alpha value is -2.87. The molecule has 0 bridgehead atoms. The number of hydrogen-bond acceptors (Lipinski definition) is 5. The smallest absolute Gasteiger partial charge is 0.237 e. The van der Waals surface area contributed by atoms with Crippen molar-refractivity contribution < 1.29 is 9.18 Å². The highest BCUT2D eigenvalue weighted by atomic mass is 32.2. The SMILES string of the molecule is C[C@H](Sc1nnc(-c2ccc(C(C)(C)C)cc2)n1N)C(=O)Nc1ccc(F)cc1. The van der Waals surface area contributed by atoms with Gasteiger partial charge in [-0.25, -0.2) is 9.07 Å². The third-order valence-electron chi connectivity index (χ3n) is 4.44. The van der Waals surface area contributed by atoms with Crippen LogP contribution in [0, 0.1) is 5.82 Å². The minimum Gasteiger partial charge on any atom is -0.335 e. The average Bonchev–Trinajstić information content (AvgIpc) is 3.03. The number of rotatable bonds is 5. The van der Waals surface area contributed by atoms with Crippen LogP contribution in [0.25, 0.3) is 11.4 Å². The molecule has 0 saturated carbocycles. The Kier molecular flexibility index (Phi) is 5.93. The topological polar surface area (TPSA) is 85.8 Å². The average molecular weight is 414 g/mol. The normalized spacial score (nSPS) is 12.6. The zero-order chi connectivity index (χ0) is 21.2. The van der Waals surface area contributed by atoms with Crippen molar-refractivity contribution in [2.45, 2.75) is 43.5 Å². The van der Waals surface area contributed by atoms with Crippen LogP contribution >= 0.6 is 11.8 Å². The van der Waals surface area contributed by atoms with Crippen LogP contribution < -0.4 is 11.2 Å². The molecule has 3 aromatic rings. The van der Waals surface area contributed by atoms with Crippen molar-refractivity contribution in [2.24, 2.45) is 0 Å². The second-order valence-electron chi connectivity index (χ2n) is 7.76. The van der Waals surface area contributed by atoms with Crippen molar-refractivity contribution in [3.8, 4) is 11.4 Å². The monoisotopic (exact) mass is 413 g/mol. The molecule has 0 aliphatic carbocycles. The lowest BCUT2D eigenvalue weighted by Crippen LogP contribution is -2.23. The highest BCUT2D eigenvalue weighted by Gasteiger charge is 2.20. The predicted octanol–water partition coefficient (Wildman–Crippen LogP) is 4.21. The van der Waals surface area contributed by atoms with E-state index in [0.29, 0.717) is 16.7 Å². The van der Waals surface area contributed by atoms with Gasteiger partial charge in [0.15, 0.2) is 5.82 Å². The number of halogens is 1. The van der Waals surface area contributed by atoms with Gasteiger partial charge in [-0.3, -0.25) is 4.79 Å². The number of nitrogen functional groups attached to an aromatic ring is 1. The number of carbonyl (C=O) groups excluding carboxylic acids is 1. The van der Waals surface area contributed by atoms with Crippen LogP contribution in [-0.4, -0.2) is 26.0 Å². The van der Waals surface area contributed by atoms with Gasteiger partial charge in [0.1, 0.15) is 5.82 Å². The van der Waals surface area contributed by atoms with E-state index in [4.69, 9.17) is 5.84 Å². The second kappa shape index (κ2) is 8.24. The van der Waals surface area contributed by atoms with Gasteiger partial charge in [-0.2, -0.15) is 0 Å². The van der Waals surface area contributed by atoms with Crippen molar-refractivity contribution in [1.82, 2.24) is 14.9 Å². The summed E-state index contributed by atoms with van der Waals surface area (Å²) < 4.78 is 14.4. The fourth-order valence-electron chi connectivity index (χ4n) is 2.66. The Balaban J connectivity index is 1.70. The zero-order valence-electron chi connectivity index (χ0n) is 16.8. The molecule has 1 aromatic heterocycles. The van der Waals surface area contributed by atoms with Crippen molar-refractivity contribution in [3.63, 3.8) is 0 Å². The van der Waals surface area contributed by atoms with Gasteiger partial charge in [0, 0.05) is 11.3 Å². The minimum absolute atomic E-state index is 0.0588. The number of anilines is 1. The van der Waals surface area contributed by atoms with E-state index in [-0.39, 0.29) is 17.1 Å². The standard InChI is InChI=1S/C21H24FN5OS/c1-13(19(28)24-17-11-9-16(22)10-12-17)29-20-26-25-18(27(20)23)14-5-7-15(8-6-14)21(2,3)4/h5-13H,23H2,1-4H3,(H,24,28)/t13-/m0/s1. The number of amides is 1. The Morgan fingerprint density at radius 1 is 1.10 bits per heavy atom. The molecule has 6 nitrogen and oxygen atoms in total. The molecule has 0 radical (unpaired) electrons. The molecule has 152 valence electrons. The van der Waals surface area contributed by atoms with E-state index in [9.17, 15) is 9.18 Å². The van der Waals surface area contributed by atoms with E-state index in [0.717, 1.165) is 5.56 Å². The second-order valence-corrected chi connectivity index (χ2v) is 9.07. The van der Waals surface area contributed by atoms with E-state index < -0.39 is 5.25 Å². The van der Waals surface area contributed by atoms with E-state index in [2.05, 4.69) is 48.4 Å². The first kappa shape index (κ1) is 20.9. The summed E-state index contributed by atoms with van der Waals surface area (Å²) in [7, 11) is 0. The van der Waals surface area contributed by atoms with E-state index in [1.807, 2.05) is 12.1 Å². The Labute approximate surface area is 173 Å². The maximum Gasteiger partial charge on any atom is 0.237 e. The molecule has 1 atom stereocenters. The number of benzene rings is 2. The van der Waals surface area contributed by atoms with Crippen molar-refractivity contribution >= 4 is 23.4 Å². The molecule has 1 heterocycles. The third-order valence-corrected chi connectivity index (χ3v) is 5.49. The van der Waals surface area contributed by atoms with Crippen LogP contribution in [0.15, 0.2) is 53.7 Å². The molecule has 3 N–H and O–H groups in total. The summed E-state index contributed by atoms with van der Waals surface area (Å²) >= 11 is 1.20. The van der Waals surface area contributed by atoms with Crippen molar-refractivity contribution in [3.05, 3.63) is 59.9 Å². The molecule has 0 saturated heterocycles. The summed E-state index contributed by atoms with van der Waals surface area (Å²) in [5.74, 6) is 6.11. The zero-order valence-corrected chi connectivity index (χ0v) is 17.6.